The average Bonchev–Trinajstić information content (AvgIpc) is 2.08. The maximum atomic E-state index is 13.2. The van der Waals surface area contributed by atoms with Gasteiger partial charge in [0.1, 0.15) is 11.6 Å². The lowest BCUT2D eigenvalue weighted by Gasteiger charge is -2.07. The molecule has 0 aliphatic heterocycles. The number of benzene rings is 1. The van der Waals surface area contributed by atoms with E-state index in [4.69, 9.17) is 15.9 Å². The average molecular weight is 182 g/mol. The fraction of sp³-hybridized carbons (Fsp3) is 0.222. The van der Waals surface area contributed by atoms with Crippen molar-refractivity contribution in [2.75, 3.05) is 7.11 Å². The molecule has 0 unspecified atom stereocenters. The monoisotopic (exact) mass is 182 g/mol. The second kappa shape index (κ2) is 3.89. The van der Waals surface area contributed by atoms with Crippen LogP contribution in [0, 0.1) is 11.2 Å². The SMILES string of the molecule is COc1cccc(F)c1CC(=N)N. The van der Waals surface area contributed by atoms with Gasteiger partial charge in [0.15, 0.2) is 0 Å². The van der Waals surface area contributed by atoms with Crippen molar-refractivity contribution in [3.8, 4) is 5.75 Å². The van der Waals surface area contributed by atoms with Crippen molar-refractivity contribution in [3.05, 3.63) is 29.6 Å². The molecule has 0 amide bonds. The minimum Gasteiger partial charge on any atom is -0.496 e. The zero-order chi connectivity index (χ0) is 9.84. The van der Waals surface area contributed by atoms with Crippen LogP contribution < -0.4 is 10.5 Å². The summed E-state index contributed by atoms with van der Waals surface area (Å²) in [5.74, 6) is -0.0480. The van der Waals surface area contributed by atoms with Gasteiger partial charge in [-0.1, -0.05) is 6.07 Å². The van der Waals surface area contributed by atoms with Crippen LogP contribution in [-0.2, 0) is 6.42 Å². The molecule has 3 N–H and O–H groups in total. The molecule has 1 aromatic rings. The highest BCUT2D eigenvalue weighted by Crippen LogP contribution is 2.21. The first kappa shape index (κ1) is 9.51. The zero-order valence-electron chi connectivity index (χ0n) is 7.30. The zero-order valence-corrected chi connectivity index (χ0v) is 7.30. The van der Waals surface area contributed by atoms with E-state index in [9.17, 15) is 4.39 Å². The standard InChI is InChI=1S/C9H11FN2O/c1-13-8-4-2-3-7(10)6(8)5-9(11)12/h2-4H,5H2,1H3,(H3,11,12). The van der Waals surface area contributed by atoms with E-state index in [2.05, 4.69) is 0 Å². The van der Waals surface area contributed by atoms with Crippen molar-refractivity contribution in [2.45, 2.75) is 6.42 Å². The van der Waals surface area contributed by atoms with Gasteiger partial charge in [-0.2, -0.15) is 0 Å². The second-order valence-electron chi connectivity index (χ2n) is 2.62. The molecule has 0 bridgehead atoms. The van der Waals surface area contributed by atoms with E-state index in [1.54, 1.807) is 12.1 Å². The smallest absolute Gasteiger partial charge is 0.130 e. The first-order valence-electron chi connectivity index (χ1n) is 3.79. The molecule has 13 heavy (non-hydrogen) atoms. The Balaban J connectivity index is 3.07. The topological polar surface area (TPSA) is 59.1 Å². The fourth-order valence-electron chi connectivity index (χ4n) is 1.09. The van der Waals surface area contributed by atoms with Crippen LogP contribution in [0.4, 0.5) is 4.39 Å². The number of nitrogens with two attached hydrogens (primary N) is 1. The number of methoxy groups -OCH3 is 1. The Kier molecular flexibility index (Phi) is 2.84. The second-order valence-corrected chi connectivity index (χ2v) is 2.62. The molecule has 0 spiro atoms. The molecule has 0 heterocycles. The number of hydrogen-bond acceptors (Lipinski definition) is 2. The van der Waals surface area contributed by atoms with Crippen LogP contribution in [0.3, 0.4) is 0 Å². The molecule has 0 saturated carbocycles. The van der Waals surface area contributed by atoms with Gasteiger partial charge >= 0.3 is 0 Å². The van der Waals surface area contributed by atoms with Crippen molar-refractivity contribution < 1.29 is 9.13 Å². The lowest BCUT2D eigenvalue weighted by Crippen LogP contribution is -2.14. The minimum absolute atomic E-state index is 0.0792. The third-order valence-corrected chi connectivity index (χ3v) is 1.66. The molecule has 0 radical (unpaired) electrons. The van der Waals surface area contributed by atoms with Crippen LogP contribution in [0.25, 0.3) is 0 Å². The van der Waals surface area contributed by atoms with Crippen LogP contribution in [-0.4, -0.2) is 12.9 Å². The first-order chi connectivity index (χ1) is 6.15. The van der Waals surface area contributed by atoms with Crippen molar-refractivity contribution >= 4 is 5.84 Å². The van der Waals surface area contributed by atoms with E-state index < -0.39 is 5.82 Å². The fourth-order valence-corrected chi connectivity index (χ4v) is 1.09. The Morgan fingerprint density at radius 3 is 2.85 bits per heavy atom. The van der Waals surface area contributed by atoms with Crippen molar-refractivity contribution in [1.82, 2.24) is 0 Å². The molecule has 4 heteroatoms. The van der Waals surface area contributed by atoms with Crippen LogP contribution in [0.1, 0.15) is 5.56 Å². The van der Waals surface area contributed by atoms with E-state index >= 15 is 0 Å². The third kappa shape index (κ3) is 2.18. The highest BCUT2D eigenvalue weighted by Gasteiger charge is 2.09. The minimum atomic E-state index is -0.394. The summed E-state index contributed by atoms with van der Waals surface area (Å²) in [6.45, 7) is 0. The molecule has 0 aromatic heterocycles. The molecule has 0 fully saturated rings. The van der Waals surface area contributed by atoms with Crippen LogP contribution in [0.15, 0.2) is 18.2 Å². The summed E-state index contributed by atoms with van der Waals surface area (Å²) in [5.41, 5.74) is 5.51. The van der Waals surface area contributed by atoms with Crippen LogP contribution in [0.5, 0.6) is 5.75 Å². The van der Waals surface area contributed by atoms with Gasteiger partial charge in [0, 0.05) is 12.0 Å². The molecule has 0 aliphatic carbocycles. The van der Waals surface area contributed by atoms with Crippen molar-refractivity contribution in [3.63, 3.8) is 0 Å². The van der Waals surface area contributed by atoms with Gasteiger partial charge in [-0.15, -0.1) is 0 Å². The number of rotatable bonds is 3. The molecular formula is C9H11FN2O. The lowest BCUT2D eigenvalue weighted by molar-refractivity contribution is 0.406. The van der Waals surface area contributed by atoms with E-state index in [0.29, 0.717) is 11.3 Å². The summed E-state index contributed by atoms with van der Waals surface area (Å²) >= 11 is 0. The summed E-state index contributed by atoms with van der Waals surface area (Å²) in [5, 5.41) is 7.06. The van der Waals surface area contributed by atoms with Gasteiger partial charge < -0.3 is 10.5 Å². The maximum absolute atomic E-state index is 13.2. The number of nitrogens with one attached hydrogen (secondary N) is 1. The first-order valence-corrected chi connectivity index (χ1v) is 3.79. The predicted octanol–water partition coefficient (Wildman–Crippen LogP) is 1.31. The number of ether oxygens (including phenoxy) is 1. The van der Waals surface area contributed by atoms with Crippen molar-refractivity contribution in [1.29, 1.82) is 5.41 Å². The highest BCUT2D eigenvalue weighted by atomic mass is 19.1. The third-order valence-electron chi connectivity index (χ3n) is 1.66. The van der Waals surface area contributed by atoms with Crippen LogP contribution in [0.2, 0.25) is 0 Å². The summed E-state index contributed by atoms with van der Waals surface area (Å²) < 4.78 is 18.1. The van der Waals surface area contributed by atoms with Gasteiger partial charge in [-0.25, -0.2) is 4.39 Å². The molecule has 0 aliphatic rings. The van der Waals surface area contributed by atoms with E-state index in [-0.39, 0.29) is 12.3 Å². The number of hydrogen-bond donors (Lipinski definition) is 2. The summed E-state index contributed by atoms with van der Waals surface area (Å²) in [6, 6.07) is 4.51. The normalized spacial score (nSPS) is 9.69. The molecule has 1 rings (SSSR count). The summed E-state index contributed by atoms with van der Waals surface area (Å²) in [6.07, 6.45) is 0.0792. The van der Waals surface area contributed by atoms with E-state index in [1.165, 1.54) is 13.2 Å². The maximum Gasteiger partial charge on any atom is 0.130 e. The van der Waals surface area contributed by atoms with Gasteiger partial charge in [0.2, 0.25) is 0 Å². The van der Waals surface area contributed by atoms with Crippen molar-refractivity contribution in [2.24, 2.45) is 5.73 Å². The highest BCUT2D eigenvalue weighted by molar-refractivity contribution is 5.80. The van der Waals surface area contributed by atoms with Gasteiger partial charge in [-0.3, -0.25) is 5.41 Å². The largest absolute Gasteiger partial charge is 0.496 e. The Morgan fingerprint density at radius 1 is 1.62 bits per heavy atom. The molecule has 0 saturated heterocycles. The molecule has 0 atom stereocenters. The van der Waals surface area contributed by atoms with Crippen LogP contribution >= 0.6 is 0 Å². The van der Waals surface area contributed by atoms with Gasteiger partial charge in [-0.05, 0) is 12.1 Å². The molecular weight excluding hydrogens is 171 g/mol. The van der Waals surface area contributed by atoms with Gasteiger partial charge in [0.05, 0.1) is 12.9 Å². The lowest BCUT2D eigenvalue weighted by atomic mass is 10.1. The molecule has 70 valence electrons. The quantitative estimate of drug-likeness (QED) is 0.547. The number of amidine groups is 1. The number of halogens is 1. The Labute approximate surface area is 75.8 Å². The Bertz CT molecular complexity index is 325. The van der Waals surface area contributed by atoms with E-state index in [1.807, 2.05) is 0 Å². The summed E-state index contributed by atoms with van der Waals surface area (Å²) in [7, 11) is 1.46. The molecule has 1 aromatic carbocycles. The van der Waals surface area contributed by atoms with E-state index in [0.717, 1.165) is 0 Å². The Morgan fingerprint density at radius 2 is 2.31 bits per heavy atom. The summed E-state index contributed by atoms with van der Waals surface area (Å²) in [4.78, 5) is 0. The Hall–Kier alpha value is -1.58. The molecule has 3 nitrogen and oxygen atoms in total. The van der Waals surface area contributed by atoms with Gasteiger partial charge in [0.25, 0.3) is 0 Å². The predicted molar refractivity (Wildman–Crippen MR) is 48.6 cm³/mol.